The lowest BCUT2D eigenvalue weighted by Crippen LogP contribution is -2.04. The molecule has 6 nitrogen and oxygen atoms in total. The predicted molar refractivity (Wildman–Crippen MR) is 120 cm³/mol. The second kappa shape index (κ2) is 12.4. The summed E-state index contributed by atoms with van der Waals surface area (Å²) < 4.78 is 11.6. The zero-order chi connectivity index (χ0) is 22.6. The minimum absolute atomic E-state index is 0.0284. The number of carboxylic acid groups (broad SMARTS) is 1. The molecule has 31 heavy (non-hydrogen) atoms. The van der Waals surface area contributed by atoms with Crippen molar-refractivity contribution >= 4 is 17.8 Å². The van der Waals surface area contributed by atoms with Crippen LogP contribution in [-0.4, -0.2) is 35.2 Å². The maximum absolute atomic E-state index is 11.6. The van der Waals surface area contributed by atoms with Gasteiger partial charge in [-0.2, -0.15) is 0 Å². The van der Waals surface area contributed by atoms with Gasteiger partial charge in [0, 0.05) is 11.6 Å². The van der Waals surface area contributed by atoms with Gasteiger partial charge in [-0.15, -0.1) is 0 Å². The van der Waals surface area contributed by atoms with Gasteiger partial charge in [-0.05, 0) is 68.5 Å². The number of carbonyl (C=O) groups is 2. The first-order chi connectivity index (χ1) is 14.9. The minimum atomic E-state index is -0.986. The van der Waals surface area contributed by atoms with Crippen LogP contribution in [0.2, 0.25) is 0 Å². The van der Waals surface area contributed by atoms with Gasteiger partial charge >= 0.3 is 5.97 Å². The van der Waals surface area contributed by atoms with E-state index in [9.17, 15) is 14.7 Å². The maximum Gasteiger partial charge on any atom is 0.328 e. The number of hydrogen-bond acceptors (Lipinski definition) is 5. The molecular formula is C25H30O6. The number of phenols is 1. The molecule has 0 saturated heterocycles. The molecule has 2 N–H and O–H groups in total. The number of rotatable bonds is 13. The first kappa shape index (κ1) is 24.0. The number of phenolic OH excluding ortho intramolecular Hbond substituents is 1. The first-order valence-corrected chi connectivity index (χ1v) is 10.5. The Morgan fingerprint density at radius 2 is 1.77 bits per heavy atom. The highest BCUT2D eigenvalue weighted by Gasteiger charge is 2.15. The van der Waals surface area contributed by atoms with E-state index < -0.39 is 5.97 Å². The quantitative estimate of drug-likeness (QED) is 0.257. The molecule has 0 amide bonds. The molecule has 0 heterocycles. The summed E-state index contributed by atoms with van der Waals surface area (Å²) in [5.41, 5.74) is 1.79. The summed E-state index contributed by atoms with van der Waals surface area (Å²) >= 11 is 0. The molecule has 0 aromatic heterocycles. The Balaban J connectivity index is 1.76. The normalized spacial score (nSPS) is 10.9. The van der Waals surface area contributed by atoms with Crippen LogP contribution in [0, 0.1) is 0 Å². The number of unbranched alkanes of at least 4 members (excludes halogenated alkanes) is 2. The molecular weight excluding hydrogens is 396 g/mol. The van der Waals surface area contributed by atoms with Gasteiger partial charge in [0.1, 0.15) is 17.2 Å². The number of carboxylic acids is 1. The van der Waals surface area contributed by atoms with Crippen molar-refractivity contribution < 1.29 is 29.3 Å². The van der Waals surface area contributed by atoms with E-state index in [-0.39, 0.29) is 11.5 Å². The van der Waals surface area contributed by atoms with E-state index in [1.165, 1.54) is 13.0 Å². The average molecular weight is 427 g/mol. The van der Waals surface area contributed by atoms with Crippen LogP contribution in [0.4, 0.5) is 0 Å². The summed E-state index contributed by atoms with van der Waals surface area (Å²) in [7, 11) is 0. The number of hydrogen-bond donors (Lipinski definition) is 2. The van der Waals surface area contributed by atoms with Gasteiger partial charge in [0.15, 0.2) is 5.78 Å². The molecule has 2 rings (SSSR count). The molecule has 0 aliphatic rings. The van der Waals surface area contributed by atoms with Gasteiger partial charge in [-0.25, -0.2) is 4.79 Å². The van der Waals surface area contributed by atoms with E-state index in [1.807, 2.05) is 25.1 Å². The third-order valence-corrected chi connectivity index (χ3v) is 4.71. The SMILES string of the molecule is CCCc1c(OCCCCCOc2cccc(/C=C/C(=O)O)c2)ccc(C(C)=O)c1O. The number of benzene rings is 2. The number of Topliss-reactive ketones (excluding diaryl/α,β-unsaturated/α-hetero) is 1. The number of aromatic hydroxyl groups is 1. The van der Waals surface area contributed by atoms with Gasteiger partial charge in [-0.1, -0.05) is 25.5 Å². The summed E-state index contributed by atoms with van der Waals surface area (Å²) in [6, 6.07) is 10.7. The fourth-order valence-electron chi connectivity index (χ4n) is 3.16. The Morgan fingerprint density at radius 1 is 1.03 bits per heavy atom. The topological polar surface area (TPSA) is 93.1 Å². The van der Waals surface area contributed by atoms with Crippen molar-refractivity contribution in [2.75, 3.05) is 13.2 Å². The molecule has 0 aliphatic heterocycles. The fourth-order valence-corrected chi connectivity index (χ4v) is 3.16. The van der Waals surface area contributed by atoms with Crippen LogP contribution in [-0.2, 0) is 11.2 Å². The molecule has 2 aromatic carbocycles. The van der Waals surface area contributed by atoms with E-state index in [1.54, 1.807) is 18.2 Å². The lowest BCUT2D eigenvalue weighted by atomic mass is 10.0. The molecule has 0 spiro atoms. The van der Waals surface area contributed by atoms with Crippen LogP contribution in [0.5, 0.6) is 17.2 Å². The Labute approximate surface area is 183 Å². The number of aliphatic carboxylic acids is 1. The van der Waals surface area contributed by atoms with E-state index in [0.717, 1.165) is 37.3 Å². The van der Waals surface area contributed by atoms with Crippen molar-refractivity contribution in [2.24, 2.45) is 0 Å². The van der Waals surface area contributed by atoms with Crippen molar-refractivity contribution in [2.45, 2.75) is 46.0 Å². The molecule has 0 bridgehead atoms. The average Bonchev–Trinajstić information content (AvgIpc) is 2.74. The fraction of sp³-hybridized carbons (Fsp3) is 0.360. The van der Waals surface area contributed by atoms with Crippen LogP contribution in [0.3, 0.4) is 0 Å². The van der Waals surface area contributed by atoms with Gasteiger partial charge in [-0.3, -0.25) is 4.79 Å². The van der Waals surface area contributed by atoms with Crippen molar-refractivity contribution in [3.63, 3.8) is 0 Å². The van der Waals surface area contributed by atoms with Crippen molar-refractivity contribution in [1.82, 2.24) is 0 Å². The van der Waals surface area contributed by atoms with Crippen LogP contribution in [0.25, 0.3) is 6.08 Å². The van der Waals surface area contributed by atoms with Crippen molar-refractivity contribution in [1.29, 1.82) is 0 Å². The highest BCUT2D eigenvalue weighted by atomic mass is 16.5. The summed E-state index contributed by atoms with van der Waals surface area (Å²) in [5.74, 6) is 0.215. The molecule has 166 valence electrons. The Hall–Kier alpha value is -3.28. The van der Waals surface area contributed by atoms with E-state index >= 15 is 0 Å². The Morgan fingerprint density at radius 3 is 2.45 bits per heavy atom. The monoisotopic (exact) mass is 426 g/mol. The number of ketones is 1. The van der Waals surface area contributed by atoms with Crippen LogP contribution in [0.1, 0.15) is 61.0 Å². The molecule has 0 aliphatic carbocycles. The zero-order valence-corrected chi connectivity index (χ0v) is 18.1. The summed E-state index contributed by atoms with van der Waals surface area (Å²) in [6.45, 7) is 4.53. The van der Waals surface area contributed by atoms with E-state index in [2.05, 4.69) is 0 Å². The highest BCUT2D eigenvalue weighted by molar-refractivity contribution is 5.97. The lowest BCUT2D eigenvalue weighted by Gasteiger charge is -2.14. The summed E-state index contributed by atoms with van der Waals surface area (Å²) in [4.78, 5) is 22.2. The first-order valence-electron chi connectivity index (χ1n) is 10.5. The smallest absolute Gasteiger partial charge is 0.328 e. The molecule has 0 saturated carbocycles. The molecule has 2 aromatic rings. The van der Waals surface area contributed by atoms with E-state index in [0.29, 0.717) is 42.3 Å². The standard InChI is InChI=1S/C25H30O6/c1-3-8-22-23(13-12-21(18(2)26)25(22)29)31-16-6-4-5-15-30-20-10-7-9-19(17-20)11-14-24(27)28/h7,9-14,17,29H,3-6,8,15-16H2,1-2H3,(H,27,28)/b14-11+. The lowest BCUT2D eigenvalue weighted by molar-refractivity contribution is -0.131. The Kier molecular flexibility index (Phi) is 9.62. The third-order valence-electron chi connectivity index (χ3n) is 4.71. The number of carbonyl (C=O) groups excluding carboxylic acids is 1. The van der Waals surface area contributed by atoms with Gasteiger partial charge in [0.2, 0.25) is 0 Å². The molecule has 0 atom stereocenters. The van der Waals surface area contributed by atoms with Crippen molar-refractivity contribution in [3.05, 3.63) is 59.2 Å². The summed E-state index contributed by atoms with van der Waals surface area (Å²) in [6.07, 6.45) is 6.73. The molecule has 0 radical (unpaired) electrons. The predicted octanol–water partition coefficient (Wildman–Crippen LogP) is 5.27. The van der Waals surface area contributed by atoms with Gasteiger partial charge in [0.25, 0.3) is 0 Å². The van der Waals surface area contributed by atoms with Crippen LogP contribution in [0.15, 0.2) is 42.5 Å². The van der Waals surface area contributed by atoms with Gasteiger partial charge < -0.3 is 19.7 Å². The second-order valence-corrected chi connectivity index (χ2v) is 7.25. The van der Waals surface area contributed by atoms with E-state index in [4.69, 9.17) is 14.6 Å². The Bertz CT molecular complexity index is 916. The second-order valence-electron chi connectivity index (χ2n) is 7.25. The molecule has 0 fully saturated rings. The zero-order valence-electron chi connectivity index (χ0n) is 18.1. The van der Waals surface area contributed by atoms with Gasteiger partial charge in [0.05, 0.1) is 18.8 Å². The molecule has 0 unspecified atom stereocenters. The molecule has 6 heteroatoms. The third kappa shape index (κ3) is 7.81. The van der Waals surface area contributed by atoms with Crippen LogP contribution < -0.4 is 9.47 Å². The maximum atomic E-state index is 11.6. The van der Waals surface area contributed by atoms with Crippen molar-refractivity contribution in [3.8, 4) is 17.2 Å². The largest absolute Gasteiger partial charge is 0.507 e. The number of ether oxygens (including phenoxy) is 2. The minimum Gasteiger partial charge on any atom is -0.507 e. The highest BCUT2D eigenvalue weighted by Crippen LogP contribution is 2.33. The van der Waals surface area contributed by atoms with Crippen LogP contribution >= 0.6 is 0 Å². The summed E-state index contributed by atoms with van der Waals surface area (Å²) in [5, 5.41) is 19.1.